The van der Waals surface area contributed by atoms with E-state index in [-0.39, 0.29) is 19.1 Å². The van der Waals surface area contributed by atoms with Gasteiger partial charge in [-0.05, 0) is 50.9 Å². The van der Waals surface area contributed by atoms with Crippen LogP contribution >= 0.6 is 0 Å². The largest absolute Gasteiger partial charge is 0.462 e. The van der Waals surface area contributed by atoms with Gasteiger partial charge in [-0.3, -0.25) is 5.10 Å². The maximum atomic E-state index is 13.2. The smallest absolute Gasteiger partial charge is 0.410 e. The van der Waals surface area contributed by atoms with Crippen LogP contribution in [0.4, 0.5) is 16.3 Å². The highest BCUT2D eigenvalue weighted by molar-refractivity contribution is 5.92. The zero-order valence-corrected chi connectivity index (χ0v) is 27.1. The van der Waals surface area contributed by atoms with Crippen LogP contribution in [-0.4, -0.2) is 94.5 Å². The molecule has 0 saturated carbocycles. The van der Waals surface area contributed by atoms with Gasteiger partial charge in [0, 0.05) is 43.2 Å². The van der Waals surface area contributed by atoms with Crippen molar-refractivity contribution in [3.63, 3.8) is 0 Å². The molecule has 5 heterocycles. The number of carbonyl (C=O) groups is 1. The molecule has 0 bridgehead atoms. The first-order valence-electron chi connectivity index (χ1n) is 16.5. The molecule has 1 N–H and O–H groups in total. The van der Waals surface area contributed by atoms with Gasteiger partial charge in [-0.25, -0.2) is 4.79 Å². The summed E-state index contributed by atoms with van der Waals surface area (Å²) in [7, 11) is 2.14. The van der Waals surface area contributed by atoms with Crippen LogP contribution in [0.1, 0.15) is 41.6 Å². The number of amides is 1. The van der Waals surface area contributed by atoms with Gasteiger partial charge in [0.05, 0.1) is 48.2 Å². The Morgan fingerprint density at radius 2 is 1.94 bits per heavy atom. The highest BCUT2D eigenvalue weighted by atomic mass is 16.6. The Morgan fingerprint density at radius 1 is 1.06 bits per heavy atom. The fraction of sp³-hybridized carbons (Fsp3) is 0.457. The van der Waals surface area contributed by atoms with Gasteiger partial charge >= 0.3 is 12.1 Å². The third-order valence-electron chi connectivity index (χ3n) is 9.76. The first kappa shape index (κ1) is 30.7. The summed E-state index contributed by atoms with van der Waals surface area (Å²) >= 11 is 0. The van der Waals surface area contributed by atoms with Crippen molar-refractivity contribution in [3.05, 3.63) is 71.0 Å². The number of benzene rings is 2. The third-order valence-corrected chi connectivity index (χ3v) is 9.76. The molecule has 2 fully saturated rings. The minimum Gasteiger partial charge on any atom is -0.462 e. The number of hydrogen-bond donors (Lipinski definition) is 1. The number of hydrogen-bond acceptors (Lipinski definition) is 10. The van der Waals surface area contributed by atoms with E-state index in [1.165, 1.54) is 5.56 Å². The molecule has 7 rings (SSSR count). The average Bonchev–Trinajstić information content (AvgIpc) is 3.74. The maximum Gasteiger partial charge on any atom is 0.410 e. The van der Waals surface area contributed by atoms with Gasteiger partial charge in [0.15, 0.2) is 0 Å². The van der Waals surface area contributed by atoms with E-state index >= 15 is 0 Å². The van der Waals surface area contributed by atoms with Crippen molar-refractivity contribution in [2.45, 2.75) is 57.8 Å². The molecule has 12 heteroatoms. The molecule has 47 heavy (non-hydrogen) atoms. The quantitative estimate of drug-likeness (QED) is 0.297. The van der Waals surface area contributed by atoms with Gasteiger partial charge in [0.2, 0.25) is 0 Å². The Morgan fingerprint density at radius 3 is 2.74 bits per heavy atom. The van der Waals surface area contributed by atoms with Crippen LogP contribution in [0.5, 0.6) is 6.01 Å². The van der Waals surface area contributed by atoms with Crippen LogP contribution in [0.3, 0.4) is 0 Å². The van der Waals surface area contributed by atoms with E-state index in [4.69, 9.17) is 19.4 Å². The fourth-order valence-corrected chi connectivity index (χ4v) is 7.15. The second kappa shape index (κ2) is 13.5. The first-order valence-corrected chi connectivity index (χ1v) is 16.5. The highest BCUT2D eigenvalue weighted by Gasteiger charge is 2.35. The SMILES string of the molecule is Cc1ccc2cn[nH]c2c1N1CCc2c(nc(OC[C@@H]3CCCN3C)nc2N2CCN(C(=O)OCc3ccccc3)C(CC#N)C2)C1. The number of piperazine rings is 1. The number of anilines is 2. The third kappa shape index (κ3) is 6.40. The molecule has 0 aliphatic carbocycles. The standard InChI is InChI=1S/C35H41N9O3/c1-24-10-11-26-19-37-40-31(26)32(24)42-16-13-29-30(21-42)38-34(46-23-28-9-6-15-41(28)2)39-33(29)43-17-18-44(27(20-43)12-14-36)35(45)47-22-25-7-4-3-5-8-25/h3-5,7-8,10-11,19,27-28H,6,9,12-13,15-18,20-23H2,1-2H3,(H,37,40)/t27?,28-/m0/s1. The summed E-state index contributed by atoms with van der Waals surface area (Å²) in [5, 5.41) is 18.3. The number of aromatic amines is 1. The molecule has 2 atom stereocenters. The van der Waals surface area contributed by atoms with Crippen LogP contribution in [-0.2, 0) is 24.3 Å². The number of aryl methyl sites for hydroxylation is 1. The summed E-state index contributed by atoms with van der Waals surface area (Å²) in [6.45, 7) is 6.78. The van der Waals surface area contributed by atoms with E-state index in [2.05, 4.69) is 57.1 Å². The lowest BCUT2D eigenvalue weighted by molar-refractivity contribution is 0.0767. The summed E-state index contributed by atoms with van der Waals surface area (Å²) in [4.78, 5) is 31.8. The van der Waals surface area contributed by atoms with E-state index in [9.17, 15) is 10.1 Å². The molecule has 1 unspecified atom stereocenters. The number of fused-ring (bicyclic) bond motifs is 2. The number of likely N-dealkylation sites (tertiary alicyclic amines) is 1. The van der Waals surface area contributed by atoms with Crippen LogP contribution in [0.15, 0.2) is 48.7 Å². The number of likely N-dealkylation sites (N-methyl/N-ethyl adjacent to an activating group) is 1. The Kier molecular flexibility index (Phi) is 8.80. The van der Waals surface area contributed by atoms with E-state index in [1.807, 2.05) is 36.5 Å². The normalized spacial score (nSPS) is 19.9. The second-order valence-corrected chi connectivity index (χ2v) is 12.8. The zero-order chi connectivity index (χ0) is 32.3. The molecule has 2 aromatic heterocycles. The van der Waals surface area contributed by atoms with Crippen molar-refractivity contribution in [1.82, 2.24) is 30.0 Å². The number of nitrogens with zero attached hydrogens (tertiary/aromatic N) is 8. The van der Waals surface area contributed by atoms with Gasteiger partial charge in [-0.1, -0.05) is 42.5 Å². The molecular weight excluding hydrogens is 594 g/mol. The molecule has 2 saturated heterocycles. The molecule has 3 aliphatic heterocycles. The monoisotopic (exact) mass is 635 g/mol. The topological polar surface area (TPSA) is 127 Å². The summed E-state index contributed by atoms with van der Waals surface area (Å²) in [6.07, 6.45) is 4.66. The first-order chi connectivity index (χ1) is 23.0. The molecule has 0 spiro atoms. The molecule has 3 aliphatic rings. The molecule has 4 aromatic rings. The van der Waals surface area contributed by atoms with Crippen molar-refractivity contribution >= 4 is 28.5 Å². The van der Waals surface area contributed by atoms with Crippen LogP contribution in [0.2, 0.25) is 0 Å². The second-order valence-electron chi connectivity index (χ2n) is 12.8. The van der Waals surface area contributed by atoms with E-state index < -0.39 is 6.09 Å². The van der Waals surface area contributed by atoms with Crippen molar-refractivity contribution in [1.29, 1.82) is 5.26 Å². The average molecular weight is 636 g/mol. The highest BCUT2D eigenvalue weighted by Crippen LogP contribution is 2.36. The van der Waals surface area contributed by atoms with Crippen molar-refractivity contribution in [2.24, 2.45) is 0 Å². The minimum atomic E-state index is -0.401. The molecule has 12 nitrogen and oxygen atoms in total. The zero-order valence-electron chi connectivity index (χ0n) is 27.1. The predicted molar refractivity (Wildman–Crippen MR) is 178 cm³/mol. The van der Waals surface area contributed by atoms with Gasteiger partial charge in [0.1, 0.15) is 19.0 Å². The number of nitriles is 1. The van der Waals surface area contributed by atoms with E-state index in [1.54, 1.807) is 4.90 Å². The van der Waals surface area contributed by atoms with Gasteiger partial charge in [-0.2, -0.15) is 20.3 Å². The van der Waals surface area contributed by atoms with Crippen LogP contribution in [0, 0.1) is 18.3 Å². The maximum absolute atomic E-state index is 13.2. The number of H-pyrrole nitrogens is 1. The van der Waals surface area contributed by atoms with Crippen molar-refractivity contribution in [3.8, 4) is 12.1 Å². The Hall–Kier alpha value is -4.89. The lowest BCUT2D eigenvalue weighted by Crippen LogP contribution is -2.55. The lowest BCUT2D eigenvalue weighted by Gasteiger charge is -2.42. The molecule has 244 valence electrons. The van der Waals surface area contributed by atoms with Crippen LogP contribution < -0.4 is 14.5 Å². The Bertz CT molecular complexity index is 1770. The van der Waals surface area contributed by atoms with Gasteiger partial charge < -0.3 is 29.1 Å². The molecule has 0 radical (unpaired) electrons. The van der Waals surface area contributed by atoms with Crippen molar-refractivity contribution < 1.29 is 14.3 Å². The summed E-state index contributed by atoms with van der Waals surface area (Å²) in [6, 6.07) is 16.5. The molecular formula is C35H41N9O3. The van der Waals surface area contributed by atoms with Gasteiger partial charge in [0.25, 0.3) is 0 Å². The summed E-state index contributed by atoms with van der Waals surface area (Å²) in [5.41, 5.74) is 6.30. The predicted octanol–water partition coefficient (Wildman–Crippen LogP) is 4.44. The Balaban J connectivity index is 1.15. The summed E-state index contributed by atoms with van der Waals surface area (Å²) < 4.78 is 12.0. The number of ether oxygens (including phenoxy) is 2. The minimum absolute atomic E-state index is 0.192. The number of aromatic nitrogens is 4. The number of rotatable bonds is 8. The van der Waals surface area contributed by atoms with Crippen LogP contribution in [0.25, 0.3) is 10.9 Å². The van der Waals surface area contributed by atoms with E-state index in [0.717, 1.165) is 71.6 Å². The molecule has 1 amide bonds. The van der Waals surface area contributed by atoms with E-state index in [0.29, 0.717) is 44.8 Å². The summed E-state index contributed by atoms with van der Waals surface area (Å²) in [5.74, 6) is 0.834. The van der Waals surface area contributed by atoms with Crippen molar-refractivity contribution in [2.75, 3.05) is 56.2 Å². The number of carbonyl (C=O) groups excluding carboxylic acids is 1. The molecule has 2 aromatic carbocycles. The Labute approximate surface area is 274 Å². The fourth-order valence-electron chi connectivity index (χ4n) is 7.15. The lowest BCUT2D eigenvalue weighted by atomic mass is 10.0. The number of nitrogens with one attached hydrogen (secondary N) is 1. The van der Waals surface area contributed by atoms with Gasteiger partial charge in [-0.15, -0.1) is 0 Å².